The molecule has 0 unspecified atom stereocenters. The van der Waals surface area contributed by atoms with E-state index in [0.717, 1.165) is 43.1 Å². The first-order valence-corrected chi connectivity index (χ1v) is 10.8. The highest BCUT2D eigenvalue weighted by atomic mass is 16.2. The number of benzene rings is 1. The van der Waals surface area contributed by atoms with Crippen molar-refractivity contribution in [3.05, 3.63) is 36.0 Å². The van der Waals surface area contributed by atoms with Crippen molar-refractivity contribution in [3.63, 3.8) is 0 Å². The molecular weight excluding hydrogens is 364 g/mol. The molecule has 6 heteroatoms. The van der Waals surface area contributed by atoms with Crippen molar-refractivity contribution in [2.24, 2.45) is 0 Å². The van der Waals surface area contributed by atoms with E-state index in [1.165, 1.54) is 6.42 Å². The Hall–Kier alpha value is -2.34. The summed E-state index contributed by atoms with van der Waals surface area (Å²) in [5.41, 5.74) is 0.784. The SMILES string of the molecule is CN(C)CCN1C(=O)c2cc3ccccc3n2C[C@@]1(C)C(=O)NC1CCCCC1. The summed E-state index contributed by atoms with van der Waals surface area (Å²) >= 11 is 0. The van der Waals surface area contributed by atoms with E-state index >= 15 is 0 Å². The lowest BCUT2D eigenvalue weighted by molar-refractivity contribution is -0.133. The number of amides is 2. The molecule has 2 aliphatic rings. The highest BCUT2D eigenvalue weighted by molar-refractivity contribution is 6.03. The van der Waals surface area contributed by atoms with Crippen molar-refractivity contribution in [2.45, 2.75) is 57.2 Å². The molecule has 4 rings (SSSR count). The summed E-state index contributed by atoms with van der Waals surface area (Å²) in [5.74, 6) is -0.0875. The van der Waals surface area contributed by atoms with E-state index in [1.807, 2.05) is 55.9 Å². The van der Waals surface area contributed by atoms with Crippen LogP contribution in [0.2, 0.25) is 0 Å². The van der Waals surface area contributed by atoms with Gasteiger partial charge in [-0.05, 0) is 46.0 Å². The van der Waals surface area contributed by atoms with Crippen LogP contribution in [0.3, 0.4) is 0 Å². The van der Waals surface area contributed by atoms with Gasteiger partial charge in [0.2, 0.25) is 5.91 Å². The van der Waals surface area contributed by atoms with Gasteiger partial charge in [0, 0.05) is 30.0 Å². The van der Waals surface area contributed by atoms with Gasteiger partial charge in [0.05, 0.1) is 6.54 Å². The molecule has 6 nitrogen and oxygen atoms in total. The van der Waals surface area contributed by atoms with Crippen molar-refractivity contribution >= 4 is 22.7 Å². The van der Waals surface area contributed by atoms with Crippen molar-refractivity contribution < 1.29 is 9.59 Å². The number of hydrogen-bond donors (Lipinski definition) is 1. The molecule has 1 fully saturated rings. The molecule has 2 amide bonds. The lowest BCUT2D eigenvalue weighted by Gasteiger charge is -2.45. The molecule has 1 N–H and O–H groups in total. The van der Waals surface area contributed by atoms with Crippen LogP contribution in [0.15, 0.2) is 30.3 Å². The standard InChI is InChI=1S/C23H32N4O2/c1-23(22(29)24-18-10-5-4-6-11-18)16-26-19-12-8-7-9-17(19)15-20(26)21(28)27(23)14-13-25(2)3/h7-9,12,15,18H,4-6,10-11,13-14,16H2,1-3H3,(H,24,29)/t23-/m0/s1. The van der Waals surface area contributed by atoms with Gasteiger partial charge in [-0.25, -0.2) is 0 Å². The van der Waals surface area contributed by atoms with Gasteiger partial charge in [-0.1, -0.05) is 37.5 Å². The Balaban J connectivity index is 1.70. The maximum Gasteiger partial charge on any atom is 0.271 e. The fourth-order valence-corrected chi connectivity index (χ4v) is 4.74. The normalized spacial score (nSPS) is 22.9. The van der Waals surface area contributed by atoms with Gasteiger partial charge >= 0.3 is 0 Å². The fraction of sp³-hybridized carbons (Fsp3) is 0.565. The van der Waals surface area contributed by atoms with Gasteiger partial charge in [0.1, 0.15) is 11.2 Å². The molecule has 1 saturated carbocycles. The maximum absolute atomic E-state index is 13.5. The number of para-hydroxylation sites is 1. The molecule has 1 aromatic heterocycles. The van der Waals surface area contributed by atoms with Gasteiger partial charge in [-0.2, -0.15) is 0 Å². The summed E-state index contributed by atoms with van der Waals surface area (Å²) in [7, 11) is 3.98. The first-order valence-electron chi connectivity index (χ1n) is 10.8. The van der Waals surface area contributed by atoms with Crippen LogP contribution in [-0.2, 0) is 11.3 Å². The summed E-state index contributed by atoms with van der Waals surface area (Å²) in [6.07, 6.45) is 5.64. The first kappa shape index (κ1) is 20.0. The minimum atomic E-state index is -0.903. The molecule has 0 bridgehead atoms. The second kappa shape index (κ2) is 7.82. The molecule has 156 valence electrons. The lowest BCUT2D eigenvalue weighted by Crippen LogP contribution is -2.65. The summed E-state index contributed by atoms with van der Waals surface area (Å²) in [5, 5.41) is 4.32. The van der Waals surface area contributed by atoms with Gasteiger partial charge in [0.25, 0.3) is 5.91 Å². The first-order chi connectivity index (χ1) is 13.9. The quantitative estimate of drug-likeness (QED) is 0.846. The van der Waals surface area contributed by atoms with Crippen LogP contribution in [0.5, 0.6) is 0 Å². The molecule has 1 aliphatic carbocycles. The molecule has 2 heterocycles. The van der Waals surface area contributed by atoms with Gasteiger partial charge in [-0.3, -0.25) is 9.59 Å². The second-order valence-corrected chi connectivity index (χ2v) is 9.02. The Labute approximate surface area is 172 Å². The fourth-order valence-electron chi connectivity index (χ4n) is 4.74. The number of nitrogens with one attached hydrogen (secondary N) is 1. The third-order valence-corrected chi connectivity index (χ3v) is 6.54. The number of rotatable bonds is 5. The van der Waals surface area contributed by atoms with Crippen LogP contribution in [0.4, 0.5) is 0 Å². The zero-order valence-corrected chi connectivity index (χ0v) is 17.8. The van der Waals surface area contributed by atoms with E-state index in [1.54, 1.807) is 4.90 Å². The average Bonchev–Trinajstić information content (AvgIpc) is 3.07. The molecule has 0 saturated heterocycles. The molecule has 1 aliphatic heterocycles. The smallest absolute Gasteiger partial charge is 0.271 e. The molecule has 1 aromatic carbocycles. The van der Waals surface area contributed by atoms with Gasteiger partial charge in [0.15, 0.2) is 0 Å². The minimum absolute atomic E-state index is 0.0278. The molecular formula is C23H32N4O2. The van der Waals surface area contributed by atoms with E-state index in [-0.39, 0.29) is 17.9 Å². The van der Waals surface area contributed by atoms with Crippen molar-refractivity contribution in [2.75, 3.05) is 27.2 Å². The number of aromatic nitrogens is 1. The molecule has 0 spiro atoms. The van der Waals surface area contributed by atoms with Crippen molar-refractivity contribution in [1.82, 2.24) is 19.7 Å². The number of nitrogens with zero attached hydrogens (tertiary/aromatic N) is 3. The Bertz CT molecular complexity index is 913. The highest BCUT2D eigenvalue weighted by Gasteiger charge is 2.47. The van der Waals surface area contributed by atoms with E-state index in [0.29, 0.717) is 18.8 Å². The van der Waals surface area contributed by atoms with Crippen LogP contribution in [0.1, 0.15) is 49.5 Å². The topological polar surface area (TPSA) is 57.6 Å². The van der Waals surface area contributed by atoms with Crippen molar-refractivity contribution in [3.8, 4) is 0 Å². The third kappa shape index (κ3) is 3.66. The van der Waals surface area contributed by atoms with Crippen LogP contribution in [-0.4, -0.2) is 64.9 Å². The molecule has 2 aromatic rings. The summed E-state index contributed by atoms with van der Waals surface area (Å²) < 4.78 is 2.03. The summed E-state index contributed by atoms with van der Waals surface area (Å²) in [6, 6.07) is 10.2. The Morgan fingerprint density at radius 3 is 2.66 bits per heavy atom. The number of carbonyl (C=O) groups is 2. The molecule has 0 radical (unpaired) electrons. The Morgan fingerprint density at radius 1 is 1.21 bits per heavy atom. The van der Waals surface area contributed by atoms with Crippen LogP contribution in [0.25, 0.3) is 10.9 Å². The van der Waals surface area contributed by atoms with Crippen molar-refractivity contribution in [1.29, 1.82) is 0 Å². The Morgan fingerprint density at radius 2 is 1.93 bits per heavy atom. The lowest BCUT2D eigenvalue weighted by atomic mass is 9.91. The number of carbonyl (C=O) groups excluding carboxylic acids is 2. The van der Waals surface area contributed by atoms with E-state index in [9.17, 15) is 9.59 Å². The van der Waals surface area contributed by atoms with Crippen LogP contribution in [0, 0.1) is 0 Å². The van der Waals surface area contributed by atoms with Crippen LogP contribution < -0.4 is 5.32 Å². The third-order valence-electron chi connectivity index (χ3n) is 6.54. The molecule has 1 atom stereocenters. The number of fused-ring (bicyclic) bond motifs is 3. The zero-order chi connectivity index (χ0) is 20.6. The highest BCUT2D eigenvalue weighted by Crippen LogP contribution is 2.32. The largest absolute Gasteiger partial charge is 0.351 e. The predicted octanol–water partition coefficient (Wildman–Crippen LogP) is 2.87. The zero-order valence-electron chi connectivity index (χ0n) is 17.8. The van der Waals surface area contributed by atoms with E-state index < -0.39 is 5.54 Å². The minimum Gasteiger partial charge on any atom is -0.351 e. The predicted molar refractivity (Wildman–Crippen MR) is 115 cm³/mol. The van der Waals surface area contributed by atoms with Gasteiger partial charge < -0.3 is 19.7 Å². The summed E-state index contributed by atoms with van der Waals surface area (Å²) in [6.45, 7) is 3.66. The maximum atomic E-state index is 13.5. The van der Waals surface area contributed by atoms with Crippen LogP contribution >= 0.6 is 0 Å². The van der Waals surface area contributed by atoms with E-state index in [2.05, 4.69) is 10.2 Å². The molecule has 29 heavy (non-hydrogen) atoms. The van der Waals surface area contributed by atoms with Gasteiger partial charge in [-0.15, -0.1) is 0 Å². The van der Waals surface area contributed by atoms with E-state index in [4.69, 9.17) is 0 Å². The monoisotopic (exact) mass is 396 g/mol. The average molecular weight is 397 g/mol. The second-order valence-electron chi connectivity index (χ2n) is 9.02. The summed E-state index contributed by atoms with van der Waals surface area (Å²) in [4.78, 5) is 30.9. The Kier molecular flexibility index (Phi) is 5.38. The number of likely N-dealkylation sites (N-methyl/N-ethyl adjacent to an activating group) is 1. The number of hydrogen-bond acceptors (Lipinski definition) is 3.